The minimum atomic E-state index is 0.329. The highest BCUT2D eigenvalue weighted by Gasteiger charge is 2.20. The minimum absolute atomic E-state index is 0.329. The van der Waals surface area contributed by atoms with Crippen molar-refractivity contribution in [2.24, 2.45) is 5.73 Å². The third kappa shape index (κ3) is 4.25. The van der Waals surface area contributed by atoms with E-state index in [1.807, 2.05) is 24.5 Å². The molecule has 0 spiro atoms. The Morgan fingerprint density at radius 3 is 2.64 bits per heavy atom. The van der Waals surface area contributed by atoms with E-state index >= 15 is 0 Å². The Bertz CT molecular complexity index is 898. The SMILES string of the molecule is CCCn1cnc2c(NCc3ccccc3)nc(NC3CCC(N)CC3)nc21. The zero-order valence-electron chi connectivity index (χ0n) is 16.4. The third-order valence-corrected chi connectivity index (χ3v) is 5.34. The van der Waals surface area contributed by atoms with Gasteiger partial charge in [-0.2, -0.15) is 9.97 Å². The Kier molecular flexibility index (Phi) is 5.71. The molecule has 0 aliphatic heterocycles. The molecular formula is C21H29N7. The number of nitrogens with one attached hydrogen (secondary N) is 2. The highest BCUT2D eigenvalue weighted by atomic mass is 15.2. The molecule has 1 saturated carbocycles. The number of anilines is 2. The van der Waals surface area contributed by atoms with Gasteiger partial charge in [0.05, 0.1) is 6.33 Å². The van der Waals surface area contributed by atoms with E-state index in [9.17, 15) is 0 Å². The van der Waals surface area contributed by atoms with Crippen molar-refractivity contribution in [2.75, 3.05) is 10.6 Å². The van der Waals surface area contributed by atoms with Gasteiger partial charge in [0.25, 0.3) is 0 Å². The summed E-state index contributed by atoms with van der Waals surface area (Å²) in [5, 5.41) is 6.99. The number of aromatic nitrogens is 4. The van der Waals surface area contributed by atoms with Gasteiger partial charge in [0.15, 0.2) is 17.0 Å². The largest absolute Gasteiger partial charge is 0.364 e. The van der Waals surface area contributed by atoms with Crippen molar-refractivity contribution in [3.63, 3.8) is 0 Å². The van der Waals surface area contributed by atoms with E-state index in [1.54, 1.807) is 0 Å². The standard InChI is InChI=1S/C21H29N7/c1-2-12-28-14-24-18-19(23-13-15-6-4-3-5-7-15)26-21(27-20(18)28)25-17-10-8-16(22)9-11-17/h3-7,14,16-17H,2,8-13,22H2,1H3,(H2,23,25,26,27). The van der Waals surface area contributed by atoms with Crippen LogP contribution in [0.25, 0.3) is 11.2 Å². The molecule has 7 heteroatoms. The maximum Gasteiger partial charge on any atom is 0.227 e. The molecule has 1 fully saturated rings. The summed E-state index contributed by atoms with van der Waals surface area (Å²) >= 11 is 0. The van der Waals surface area contributed by atoms with Crippen LogP contribution in [0.1, 0.15) is 44.6 Å². The van der Waals surface area contributed by atoms with Crippen LogP contribution in [-0.2, 0) is 13.1 Å². The number of imidazole rings is 1. The van der Waals surface area contributed by atoms with Gasteiger partial charge < -0.3 is 20.9 Å². The predicted molar refractivity (Wildman–Crippen MR) is 113 cm³/mol. The number of fused-ring (bicyclic) bond motifs is 1. The summed E-state index contributed by atoms with van der Waals surface area (Å²) in [6.45, 7) is 3.75. The molecule has 0 saturated heterocycles. The molecule has 4 N–H and O–H groups in total. The van der Waals surface area contributed by atoms with Crippen molar-refractivity contribution in [3.8, 4) is 0 Å². The van der Waals surface area contributed by atoms with Crippen LogP contribution in [0.3, 0.4) is 0 Å². The summed E-state index contributed by atoms with van der Waals surface area (Å²) in [4.78, 5) is 14.1. The van der Waals surface area contributed by atoms with Gasteiger partial charge in [0.2, 0.25) is 5.95 Å². The van der Waals surface area contributed by atoms with E-state index in [2.05, 4.69) is 39.2 Å². The molecule has 0 unspecified atom stereocenters. The maximum atomic E-state index is 6.04. The second-order valence-electron chi connectivity index (χ2n) is 7.60. The number of rotatable bonds is 7. The average molecular weight is 380 g/mol. The first-order valence-corrected chi connectivity index (χ1v) is 10.3. The van der Waals surface area contributed by atoms with E-state index in [0.29, 0.717) is 24.6 Å². The van der Waals surface area contributed by atoms with Gasteiger partial charge in [-0.1, -0.05) is 37.3 Å². The van der Waals surface area contributed by atoms with Crippen molar-refractivity contribution in [1.82, 2.24) is 19.5 Å². The first-order valence-electron chi connectivity index (χ1n) is 10.3. The summed E-state index contributed by atoms with van der Waals surface area (Å²) < 4.78 is 2.10. The molecule has 2 heterocycles. The predicted octanol–water partition coefficient (Wildman–Crippen LogP) is 3.53. The molecule has 28 heavy (non-hydrogen) atoms. The smallest absolute Gasteiger partial charge is 0.227 e. The molecule has 148 valence electrons. The highest BCUT2D eigenvalue weighted by molar-refractivity contribution is 5.84. The van der Waals surface area contributed by atoms with Crippen LogP contribution < -0.4 is 16.4 Å². The molecule has 0 amide bonds. The molecule has 1 aromatic carbocycles. The van der Waals surface area contributed by atoms with Gasteiger partial charge in [-0.15, -0.1) is 0 Å². The molecule has 0 radical (unpaired) electrons. The molecule has 2 aromatic heterocycles. The number of nitrogens with two attached hydrogens (primary N) is 1. The quantitative estimate of drug-likeness (QED) is 0.581. The lowest BCUT2D eigenvalue weighted by atomic mass is 9.92. The number of hydrogen-bond acceptors (Lipinski definition) is 6. The van der Waals surface area contributed by atoms with Gasteiger partial charge >= 0.3 is 0 Å². The van der Waals surface area contributed by atoms with Crippen LogP contribution in [0.15, 0.2) is 36.7 Å². The maximum absolute atomic E-state index is 6.04. The van der Waals surface area contributed by atoms with Crippen LogP contribution in [0, 0.1) is 0 Å². The van der Waals surface area contributed by atoms with Crippen molar-refractivity contribution >= 4 is 22.9 Å². The summed E-state index contributed by atoms with van der Waals surface area (Å²) in [6.07, 6.45) is 7.11. The van der Waals surface area contributed by atoms with Crippen molar-refractivity contribution in [1.29, 1.82) is 0 Å². The lowest BCUT2D eigenvalue weighted by molar-refractivity contribution is 0.410. The topological polar surface area (TPSA) is 93.7 Å². The Hall–Kier alpha value is -2.67. The van der Waals surface area contributed by atoms with E-state index < -0.39 is 0 Å². The second kappa shape index (κ2) is 8.56. The Balaban J connectivity index is 1.60. The molecule has 1 aliphatic rings. The first kappa shape index (κ1) is 18.7. The first-order chi connectivity index (χ1) is 13.7. The van der Waals surface area contributed by atoms with E-state index in [1.165, 1.54) is 5.56 Å². The molecule has 1 aliphatic carbocycles. The number of hydrogen-bond donors (Lipinski definition) is 3. The molecular weight excluding hydrogens is 350 g/mol. The summed E-state index contributed by atoms with van der Waals surface area (Å²) in [6, 6.07) is 11.0. The van der Waals surface area contributed by atoms with Crippen molar-refractivity contribution in [2.45, 2.75) is 64.2 Å². The second-order valence-corrected chi connectivity index (χ2v) is 7.60. The molecule has 0 bridgehead atoms. The monoisotopic (exact) mass is 379 g/mol. The van der Waals surface area contributed by atoms with Crippen molar-refractivity contribution in [3.05, 3.63) is 42.2 Å². The lowest BCUT2D eigenvalue weighted by Gasteiger charge is -2.26. The van der Waals surface area contributed by atoms with E-state index in [0.717, 1.165) is 55.6 Å². The van der Waals surface area contributed by atoms with Crippen LogP contribution in [-0.4, -0.2) is 31.6 Å². The molecule has 7 nitrogen and oxygen atoms in total. The molecule has 3 aromatic rings. The Labute approximate surface area is 165 Å². The van der Waals surface area contributed by atoms with Crippen LogP contribution in [0.5, 0.6) is 0 Å². The Morgan fingerprint density at radius 2 is 1.89 bits per heavy atom. The molecule has 4 rings (SSSR count). The van der Waals surface area contributed by atoms with Gasteiger partial charge in [0.1, 0.15) is 0 Å². The summed E-state index contributed by atoms with van der Waals surface area (Å²) in [7, 11) is 0. The lowest BCUT2D eigenvalue weighted by Crippen LogP contribution is -2.33. The number of benzene rings is 1. The minimum Gasteiger partial charge on any atom is -0.364 e. The summed E-state index contributed by atoms with van der Waals surface area (Å²) in [5.74, 6) is 1.44. The van der Waals surface area contributed by atoms with Gasteiger partial charge in [-0.05, 0) is 37.7 Å². The highest BCUT2D eigenvalue weighted by Crippen LogP contribution is 2.24. The fourth-order valence-electron chi connectivity index (χ4n) is 3.76. The third-order valence-electron chi connectivity index (χ3n) is 5.34. The van der Waals surface area contributed by atoms with Gasteiger partial charge in [0, 0.05) is 25.2 Å². The van der Waals surface area contributed by atoms with Gasteiger partial charge in [-0.25, -0.2) is 4.98 Å². The zero-order chi connectivity index (χ0) is 19.3. The summed E-state index contributed by atoms with van der Waals surface area (Å²) in [5.41, 5.74) is 8.95. The van der Waals surface area contributed by atoms with Crippen LogP contribution >= 0.6 is 0 Å². The van der Waals surface area contributed by atoms with E-state index in [4.69, 9.17) is 15.7 Å². The fraction of sp³-hybridized carbons (Fsp3) is 0.476. The molecule has 0 atom stereocenters. The van der Waals surface area contributed by atoms with Crippen molar-refractivity contribution < 1.29 is 0 Å². The van der Waals surface area contributed by atoms with Gasteiger partial charge in [-0.3, -0.25) is 0 Å². The van der Waals surface area contributed by atoms with Crippen LogP contribution in [0.2, 0.25) is 0 Å². The zero-order valence-corrected chi connectivity index (χ0v) is 16.4. The normalized spacial score (nSPS) is 19.6. The van der Waals surface area contributed by atoms with Crippen LogP contribution in [0.4, 0.5) is 11.8 Å². The Morgan fingerprint density at radius 1 is 1.11 bits per heavy atom. The van der Waals surface area contributed by atoms with E-state index in [-0.39, 0.29) is 0 Å². The average Bonchev–Trinajstić information content (AvgIpc) is 3.12. The number of nitrogens with zero attached hydrogens (tertiary/aromatic N) is 4. The number of aryl methyl sites for hydroxylation is 1. The fourth-order valence-corrected chi connectivity index (χ4v) is 3.76.